The first-order chi connectivity index (χ1) is 14.4. The number of primary sulfonamides is 1. The highest BCUT2D eigenvalue weighted by Crippen LogP contribution is 2.40. The van der Waals surface area contributed by atoms with Gasteiger partial charge in [-0.25, -0.2) is 13.6 Å². The molecule has 0 unspecified atom stereocenters. The minimum Gasteiger partial charge on any atom is -0.325 e. The van der Waals surface area contributed by atoms with Crippen LogP contribution in [0.4, 0.5) is 5.69 Å². The summed E-state index contributed by atoms with van der Waals surface area (Å²) < 4.78 is 24.7. The second-order valence-corrected chi connectivity index (χ2v) is 9.60. The summed E-state index contributed by atoms with van der Waals surface area (Å²) in [4.78, 5) is 12.4. The molecule has 156 valence electrons. The molecule has 10 heteroatoms. The normalized spacial score (nSPS) is 13.9. The SMILES string of the molecule is NS(=O)(=O)c1ccc(NC(=O)CSc2nnc(C3CC3)n2Cc2ccccc2)cc1. The Bertz CT molecular complexity index is 1140. The number of thioether (sulfide) groups is 1. The number of sulfonamides is 1. The molecule has 1 aliphatic rings. The molecule has 1 aromatic heterocycles. The van der Waals surface area contributed by atoms with Crippen LogP contribution in [-0.2, 0) is 21.4 Å². The number of nitrogens with one attached hydrogen (secondary N) is 1. The number of hydrogen-bond donors (Lipinski definition) is 2. The van der Waals surface area contributed by atoms with E-state index in [2.05, 4.69) is 32.2 Å². The third kappa shape index (κ3) is 5.07. The number of carbonyl (C=O) groups is 1. The van der Waals surface area contributed by atoms with Crippen LogP contribution in [0.1, 0.15) is 30.1 Å². The minimum absolute atomic E-state index is 0.00325. The summed E-state index contributed by atoms with van der Waals surface area (Å²) >= 11 is 1.33. The first kappa shape index (κ1) is 20.6. The van der Waals surface area contributed by atoms with Crippen LogP contribution < -0.4 is 10.5 Å². The molecule has 0 radical (unpaired) electrons. The third-order valence-electron chi connectivity index (χ3n) is 4.67. The zero-order valence-corrected chi connectivity index (χ0v) is 17.7. The lowest BCUT2D eigenvalue weighted by Gasteiger charge is -2.10. The van der Waals surface area contributed by atoms with E-state index in [0.29, 0.717) is 23.3 Å². The molecule has 4 rings (SSSR count). The first-order valence-corrected chi connectivity index (χ1v) is 12.0. The molecular weight excluding hydrogens is 422 g/mol. The van der Waals surface area contributed by atoms with Crippen LogP contribution in [-0.4, -0.2) is 34.8 Å². The lowest BCUT2D eigenvalue weighted by Crippen LogP contribution is -2.16. The monoisotopic (exact) mass is 443 g/mol. The van der Waals surface area contributed by atoms with Crippen molar-refractivity contribution in [2.24, 2.45) is 5.14 Å². The van der Waals surface area contributed by atoms with Gasteiger partial charge >= 0.3 is 0 Å². The van der Waals surface area contributed by atoms with Crippen molar-refractivity contribution in [2.75, 3.05) is 11.1 Å². The molecule has 3 aromatic rings. The Kier molecular flexibility index (Phi) is 5.89. The Balaban J connectivity index is 1.41. The van der Waals surface area contributed by atoms with Crippen molar-refractivity contribution in [1.29, 1.82) is 0 Å². The predicted molar refractivity (Wildman–Crippen MR) is 115 cm³/mol. The van der Waals surface area contributed by atoms with E-state index < -0.39 is 10.0 Å². The van der Waals surface area contributed by atoms with Gasteiger partial charge in [-0.3, -0.25) is 4.79 Å². The Labute approximate surface area is 178 Å². The summed E-state index contributed by atoms with van der Waals surface area (Å²) in [7, 11) is -3.76. The highest BCUT2D eigenvalue weighted by molar-refractivity contribution is 7.99. The Morgan fingerprint density at radius 2 is 1.80 bits per heavy atom. The maximum atomic E-state index is 12.4. The van der Waals surface area contributed by atoms with Crippen molar-refractivity contribution < 1.29 is 13.2 Å². The number of hydrogen-bond acceptors (Lipinski definition) is 6. The molecule has 0 bridgehead atoms. The van der Waals surface area contributed by atoms with Gasteiger partial charge in [-0.2, -0.15) is 0 Å². The smallest absolute Gasteiger partial charge is 0.238 e. The summed E-state index contributed by atoms with van der Waals surface area (Å²) in [6.45, 7) is 0.665. The van der Waals surface area contributed by atoms with Crippen molar-refractivity contribution in [1.82, 2.24) is 14.8 Å². The molecule has 1 amide bonds. The van der Waals surface area contributed by atoms with E-state index in [-0.39, 0.29) is 16.6 Å². The number of amides is 1. The van der Waals surface area contributed by atoms with E-state index in [1.54, 1.807) is 0 Å². The molecule has 0 atom stereocenters. The van der Waals surface area contributed by atoms with E-state index in [0.717, 1.165) is 24.2 Å². The van der Waals surface area contributed by atoms with Crippen LogP contribution in [0.15, 0.2) is 64.6 Å². The van der Waals surface area contributed by atoms with Crippen molar-refractivity contribution >= 4 is 33.4 Å². The minimum atomic E-state index is -3.76. The van der Waals surface area contributed by atoms with Crippen molar-refractivity contribution in [3.05, 3.63) is 66.0 Å². The molecule has 0 aliphatic heterocycles. The van der Waals surface area contributed by atoms with Crippen LogP contribution in [0.25, 0.3) is 0 Å². The maximum absolute atomic E-state index is 12.4. The molecule has 0 spiro atoms. The molecule has 1 fully saturated rings. The molecule has 0 saturated heterocycles. The zero-order chi connectivity index (χ0) is 21.1. The number of nitrogens with two attached hydrogens (primary N) is 1. The highest BCUT2D eigenvalue weighted by Gasteiger charge is 2.30. The number of aromatic nitrogens is 3. The number of anilines is 1. The second kappa shape index (κ2) is 8.58. The maximum Gasteiger partial charge on any atom is 0.238 e. The molecule has 3 N–H and O–H groups in total. The van der Waals surface area contributed by atoms with E-state index in [4.69, 9.17) is 5.14 Å². The molecule has 30 heavy (non-hydrogen) atoms. The lowest BCUT2D eigenvalue weighted by molar-refractivity contribution is -0.113. The van der Waals surface area contributed by atoms with Crippen LogP contribution in [0.5, 0.6) is 0 Å². The van der Waals surface area contributed by atoms with Gasteiger partial charge in [0.2, 0.25) is 15.9 Å². The van der Waals surface area contributed by atoms with Gasteiger partial charge in [0.25, 0.3) is 0 Å². The lowest BCUT2D eigenvalue weighted by atomic mass is 10.2. The van der Waals surface area contributed by atoms with Crippen LogP contribution in [0, 0.1) is 0 Å². The predicted octanol–water partition coefficient (Wildman–Crippen LogP) is 2.58. The fourth-order valence-electron chi connectivity index (χ4n) is 3.02. The van der Waals surface area contributed by atoms with E-state index in [9.17, 15) is 13.2 Å². The summed E-state index contributed by atoms with van der Waals surface area (Å²) in [6.07, 6.45) is 2.24. The van der Waals surface area contributed by atoms with Crippen molar-refractivity contribution in [2.45, 2.75) is 35.4 Å². The molecule has 1 saturated carbocycles. The highest BCUT2D eigenvalue weighted by atomic mass is 32.2. The zero-order valence-electron chi connectivity index (χ0n) is 16.1. The van der Waals surface area contributed by atoms with E-state index in [1.807, 2.05) is 18.2 Å². The number of rotatable bonds is 8. The van der Waals surface area contributed by atoms with Gasteiger partial charge in [0.15, 0.2) is 5.16 Å². The number of carbonyl (C=O) groups excluding carboxylic acids is 1. The molecule has 8 nitrogen and oxygen atoms in total. The topological polar surface area (TPSA) is 120 Å². The van der Waals surface area contributed by atoms with Gasteiger partial charge in [-0.1, -0.05) is 42.1 Å². The van der Waals surface area contributed by atoms with Gasteiger partial charge in [0.1, 0.15) is 5.82 Å². The van der Waals surface area contributed by atoms with Gasteiger partial charge in [0, 0.05) is 11.6 Å². The standard InChI is InChI=1S/C20H21N5O3S2/c21-30(27,28)17-10-8-16(9-11-17)22-18(26)13-29-20-24-23-19(15-6-7-15)25(20)12-14-4-2-1-3-5-14/h1-5,8-11,15H,6-7,12-13H2,(H,22,26)(H2,21,27,28). The Morgan fingerprint density at radius 1 is 1.10 bits per heavy atom. The summed E-state index contributed by atoms with van der Waals surface area (Å²) in [5.74, 6) is 1.36. The molecule has 2 aromatic carbocycles. The fourth-order valence-corrected chi connectivity index (χ4v) is 4.28. The van der Waals surface area contributed by atoms with E-state index in [1.165, 1.54) is 36.0 Å². The average Bonchev–Trinajstić information content (AvgIpc) is 3.49. The van der Waals surface area contributed by atoms with Gasteiger partial charge in [-0.05, 0) is 42.7 Å². The number of nitrogens with zero attached hydrogens (tertiary/aromatic N) is 3. The first-order valence-electron chi connectivity index (χ1n) is 9.43. The Hall–Kier alpha value is -2.69. The summed E-state index contributed by atoms with van der Waals surface area (Å²) in [5.41, 5.74) is 1.65. The van der Waals surface area contributed by atoms with Gasteiger partial charge < -0.3 is 9.88 Å². The molecule has 1 heterocycles. The largest absolute Gasteiger partial charge is 0.325 e. The van der Waals surface area contributed by atoms with E-state index >= 15 is 0 Å². The summed E-state index contributed by atoms with van der Waals surface area (Å²) in [5, 5.41) is 17.2. The number of benzene rings is 2. The second-order valence-electron chi connectivity index (χ2n) is 7.09. The molecular formula is C20H21N5O3S2. The quantitative estimate of drug-likeness (QED) is 0.516. The van der Waals surface area contributed by atoms with Crippen LogP contribution in [0.2, 0.25) is 0 Å². The van der Waals surface area contributed by atoms with Crippen molar-refractivity contribution in [3.63, 3.8) is 0 Å². The third-order valence-corrected chi connectivity index (χ3v) is 6.57. The van der Waals surface area contributed by atoms with Gasteiger partial charge in [-0.15, -0.1) is 10.2 Å². The van der Waals surface area contributed by atoms with Crippen molar-refractivity contribution in [3.8, 4) is 0 Å². The average molecular weight is 444 g/mol. The summed E-state index contributed by atoms with van der Waals surface area (Å²) in [6, 6.07) is 15.8. The van der Waals surface area contributed by atoms with Gasteiger partial charge in [0.05, 0.1) is 17.2 Å². The van der Waals surface area contributed by atoms with Crippen LogP contribution in [0.3, 0.4) is 0 Å². The molecule has 1 aliphatic carbocycles. The Morgan fingerprint density at radius 3 is 2.43 bits per heavy atom. The fraction of sp³-hybridized carbons (Fsp3) is 0.250. The van der Waals surface area contributed by atoms with Crippen LogP contribution >= 0.6 is 11.8 Å².